The van der Waals surface area contributed by atoms with Crippen LogP contribution in [0.15, 0.2) is 36.4 Å². The van der Waals surface area contributed by atoms with Gasteiger partial charge in [0.2, 0.25) is 0 Å². The van der Waals surface area contributed by atoms with E-state index in [1.165, 1.54) is 24.0 Å². The fraction of sp³-hybridized carbons (Fsp3) is 0.704. The number of allylic oxidation sites excluding steroid dienone is 1. The van der Waals surface area contributed by atoms with Gasteiger partial charge in [-0.05, 0) is 88.2 Å². The second-order valence-electron chi connectivity index (χ2n) is 8.93. The van der Waals surface area contributed by atoms with Crippen molar-refractivity contribution in [2.75, 3.05) is 26.4 Å². The lowest BCUT2D eigenvalue weighted by molar-refractivity contribution is -0.162. The molecule has 5 heteroatoms. The molecule has 3 atom stereocenters. The molecule has 1 N–H and O–H groups in total. The number of unbranched alkanes of at least 4 members (excludes halogenated alkanes) is 1. The van der Waals surface area contributed by atoms with E-state index >= 15 is 0 Å². The molecule has 2 saturated heterocycles. The minimum Gasteiger partial charge on any atom is -0.393 e. The smallest absolute Gasteiger partial charge is 0.157 e. The van der Waals surface area contributed by atoms with Gasteiger partial charge in [-0.15, -0.1) is 0 Å². The highest BCUT2D eigenvalue weighted by atomic mass is 16.7. The number of benzene rings is 1. The summed E-state index contributed by atoms with van der Waals surface area (Å²) in [5, 5.41) is 10.5. The molecule has 0 radical (unpaired) electrons. The zero-order valence-electron chi connectivity index (χ0n) is 19.6. The van der Waals surface area contributed by atoms with E-state index in [4.69, 9.17) is 18.9 Å². The van der Waals surface area contributed by atoms with Crippen LogP contribution in [0.4, 0.5) is 0 Å². The van der Waals surface area contributed by atoms with Gasteiger partial charge in [0.1, 0.15) is 0 Å². The van der Waals surface area contributed by atoms with Crippen molar-refractivity contribution in [3.8, 4) is 0 Å². The summed E-state index contributed by atoms with van der Waals surface area (Å²) in [6, 6.07) is 8.48. The Bertz CT molecular complexity index is 635. The molecule has 5 nitrogen and oxygen atoms in total. The first-order valence-corrected chi connectivity index (χ1v) is 12.7. The van der Waals surface area contributed by atoms with E-state index in [2.05, 4.69) is 36.4 Å². The Morgan fingerprint density at radius 1 is 0.906 bits per heavy atom. The molecule has 180 valence electrons. The molecule has 32 heavy (non-hydrogen) atoms. The van der Waals surface area contributed by atoms with Crippen molar-refractivity contribution < 1.29 is 24.1 Å². The summed E-state index contributed by atoms with van der Waals surface area (Å²) in [6.45, 7) is 2.97. The van der Waals surface area contributed by atoms with Crippen LogP contribution >= 0.6 is 0 Å². The standard InChI is InChI=1S/C27H42O5/c28-25(15-5-9-19-30-27-17-7-11-21-32-27)22-24-14-4-3-13-23(24)12-2-1-8-18-29-26-16-6-10-20-31-26/h1,3-4,8,13-14,25-28H,2,5-7,9-12,15-22H2/b8-1+. The van der Waals surface area contributed by atoms with Crippen molar-refractivity contribution in [2.24, 2.45) is 0 Å². The predicted molar refractivity (Wildman–Crippen MR) is 127 cm³/mol. The monoisotopic (exact) mass is 446 g/mol. The Kier molecular flexibility index (Phi) is 12.4. The zero-order chi connectivity index (χ0) is 22.3. The molecule has 0 spiro atoms. The summed E-state index contributed by atoms with van der Waals surface area (Å²) in [6.07, 6.45) is 16.1. The van der Waals surface area contributed by atoms with Gasteiger partial charge in [0, 0.05) is 19.8 Å². The topological polar surface area (TPSA) is 57.2 Å². The molecule has 0 aromatic heterocycles. The van der Waals surface area contributed by atoms with Crippen LogP contribution in [-0.2, 0) is 31.8 Å². The number of hydrogen-bond acceptors (Lipinski definition) is 5. The van der Waals surface area contributed by atoms with E-state index < -0.39 is 0 Å². The van der Waals surface area contributed by atoms with Gasteiger partial charge in [0.25, 0.3) is 0 Å². The van der Waals surface area contributed by atoms with Gasteiger partial charge in [-0.25, -0.2) is 0 Å². The van der Waals surface area contributed by atoms with Crippen LogP contribution in [0.5, 0.6) is 0 Å². The Morgan fingerprint density at radius 3 is 2.34 bits per heavy atom. The number of rotatable bonds is 14. The van der Waals surface area contributed by atoms with Crippen LogP contribution in [0.2, 0.25) is 0 Å². The average molecular weight is 447 g/mol. The molecule has 1 aromatic rings. The summed E-state index contributed by atoms with van der Waals surface area (Å²) < 4.78 is 22.7. The summed E-state index contributed by atoms with van der Waals surface area (Å²) in [7, 11) is 0. The molecule has 3 unspecified atom stereocenters. The lowest BCUT2D eigenvalue weighted by atomic mass is 9.96. The third-order valence-electron chi connectivity index (χ3n) is 6.21. The number of aliphatic hydroxyl groups excluding tert-OH is 1. The van der Waals surface area contributed by atoms with Crippen LogP contribution in [0.3, 0.4) is 0 Å². The third kappa shape index (κ3) is 10.1. The highest BCUT2D eigenvalue weighted by Crippen LogP contribution is 2.18. The van der Waals surface area contributed by atoms with Gasteiger partial charge in [-0.1, -0.05) is 36.4 Å². The first-order chi connectivity index (χ1) is 15.8. The average Bonchev–Trinajstić information content (AvgIpc) is 2.83. The number of hydrogen-bond donors (Lipinski definition) is 1. The van der Waals surface area contributed by atoms with Crippen LogP contribution in [0, 0.1) is 0 Å². The van der Waals surface area contributed by atoms with Gasteiger partial charge in [0.15, 0.2) is 12.6 Å². The van der Waals surface area contributed by atoms with Crippen LogP contribution in [0.1, 0.15) is 75.3 Å². The molecular weight excluding hydrogens is 404 g/mol. The Morgan fingerprint density at radius 2 is 1.62 bits per heavy atom. The largest absolute Gasteiger partial charge is 0.393 e. The van der Waals surface area contributed by atoms with Gasteiger partial charge < -0.3 is 24.1 Å². The van der Waals surface area contributed by atoms with Crippen molar-refractivity contribution in [1.29, 1.82) is 0 Å². The van der Waals surface area contributed by atoms with Crippen molar-refractivity contribution in [3.05, 3.63) is 47.5 Å². The van der Waals surface area contributed by atoms with Gasteiger partial charge >= 0.3 is 0 Å². The quantitative estimate of drug-likeness (QED) is 0.309. The molecule has 2 aliphatic heterocycles. The van der Waals surface area contributed by atoms with E-state index in [1.807, 2.05) is 0 Å². The Labute approximate surface area is 194 Å². The molecule has 0 bridgehead atoms. The van der Waals surface area contributed by atoms with E-state index in [1.54, 1.807) is 0 Å². The van der Waals surface area contributed by atoms with Crippen LogP contribution in [0.25, 0.3) is 0 Å². The molecule has 0 amide bonds. The summed E-state index contributed by atoms with van der Waals surface area (Å²) in [5.74, 6) is 0. The van der Waals surface area contributed by atoms with Gasteiger partial charge in [-0.2, -0.15) is 0 Å². The molecule has 1 aromatic carbocycles. The lowest BCUT2D eigenvalue weighted by Crippen LogP contribution is -2.22. The highest BCUT2D eigenvalue weighted by molar-refractivity contribution is 5.28. The minimum absolute atomic E-state index is 0.0123. The van der Waals surface area contributed by atoms with E-state index in [9.17, 15) is 5.11 Å². The SMILES string of the molecule is OC(CCCCOC1CCCCO1)Cc1ccccc1CC/C=C/COC1CCCCO1. The third-order valence-corrected chi connectivity index (χ3v) is 6.21. The van der Waals surface area contributed by atoms with E-state index in [0.717, 1.165) is 77.6 Å². The highest BCUT2D eigenvalue weighted by Gasteiger charge is 2.14. The second kappa shape index (κ2) is 15.6. The van der Waals surface area contributed by atoms with Crippen molar-refractivity contribution in [1.82, 2.24) is 0 Å². The summed E-state index contributed by atoms with van der Waals surface area (Å²) >= 11 is 0. The summed E-state index contributed by atoms with van der Waals surface area (Å²) in [5.41, 5.74) is 2.58. The predicted octanol–water partition coefficient (Wildman–Crippen LogP) is 5.34. The van der Waals surface area contributed by atoms with Crippen molar-refractivity contribution in [3.63, 3.8) is 0 Å². The molecule has 3 rings (SSSR count). The van der Waals surface area contributed by atoms with Crippen molar-refractivity contribution >= 4 is 0 Å². The van der Waals surface area contributed by atoms with E-state index in [-0.39, 0.29) is 18.7 Å². The van der Waals surface area contributed by atoms with Crippen LogP contribution in [-0.4, -0.2) is 50.2 Å². The zero-order valence-corrected chi connectivity index (χ0v) is 19.6. The summed E-state index contributed by atoms with van der Waals surface area (Å²) in [4.78, 5) is 0. The van der Waals surface area contributed by atoms with Crippen molar-refractivity contribution in [2.45, 2.75) is 95.7 Å². The Hall–Kier alpha value is -1.24. The van der Waals surface area contributed by atoms with Crippen LogP contribution < -0.4 is 0 Å². The molecule has 2 aliphatic rings. The molecule has 2 heterocycles. The number of ether oxygens (including phenoxy) is 4. The molecular formula is C27H42O5. The maximum atomic E-state index is 10.5. The first kappa shape index (κ1) is 25.4. The fourth-order valence-electron chi connectivity index (χ4n) is 4.33. The molecule has 0 saturated carbocycles. The second-order valence-corrected chi connectivity index (χ2v) is 8.93. The maximum Gasteiger partial charge on any atom is 0.157 e. The number of aryl methyl sites for hydroxylation is 1. The van der Waals surface area contributed by atoms with Gasteiger partial charge in [0.05, 0.1) is 12.7 Å². The number of aliphatic hydroxyl groups is 1. The fourth-order valence-corrected chi connectivity index (χ4v) is 4.33. The molecule has 0 aliphatic carbocycles. The minimum atomic E-state index is -0.304. The lowest BCUT2D eigenvalue weighted by Gasteiger charge is -2.22. The maximum absolute atomic E-state index is 10.5. The molecule has 2 fully saturated rings. The Balaban J connectivity index is 1.28. The first-order valence-electron chi connectivity index (χ1n) is 12.7. The van der Waals surface area contributed by atoms with E-state index in [0.29, 0.717) is 13.0 Å². The normalized spacial score (nSPS) is 22.9. The van der Waals surface area contributed by atoms with Gasteiger partial charge in [-0.3, -0.25) is 0 Å².